The Morgan fingerprint density at radius 2 is 2.19 bits per heavy atom. The molecule has 1 saturated heterocycles. The molecule has 0 spiro atoms. The Morgan fingerprint density at radius 3 is 2.90 bits per heavy atom. The number of fused-ring (bicyclic) bond motifs is 1. The first-order valence-electron chi connectivity index (χ1n) is 7.12. The first-order valence-corrected chi connectivity index (χ1v) is 7.94. The Balaban J connectivity index is 1.96. The fourth-order valence-electron chi connectivity index (χ4n) is 2.30. The fourth-order valence-corrected chi connectivity index (χ4v) is 3.21. The zero-order valence-corrected chi connectivity index (χ0v) is 12.7. The maximum absolute atomic E-state index is 12.3. The lowest BCUT2D eigenvalue weighted by atomic mass is 10.3. The molecule has 7 nitrogen and oxygen atoms in total. The van der Waals surface area contributed by atoms with E-state index >= 15 is 0 Å². The van der Waals surface area contributed by atoms with Crippen molar-refractivity contribution >= 4 is 27.3 Å². The molecule has 2 aromatic rings. The molecule has 1 aliphatic rings. The van der Waals surface area contributed by atoms with E-state index in [1.165, 1.54) is 22.0 Å². The average molecular weight is 307 g/mol. The van der Waals surface area contributed by atoms with Crippen molar-refractivity contribution in [3.63, 3.8) is 0 Å². The van der Waals surface area contributed by atoms with Crippen molar-refractivity contribution in [3.05, 3.63) is 22.1 Å². The van der Waals surface area contributed by atoms with Crippen molar-refractivity contribution in [2.45, 2.75) is 26.2 Å². The van der Waals surface area contributed by atoms with E-state index in [1.807, 2.05) is 6.92 Å². The van der Waals surface area contributed by atoms with E-state index in [4.69, 9.17) is 0 Å². The van der Waals surface area contributed by atoms with Crippen molar-refractivity contribution in [1.29, 1.82) is 0 Å². The third-order valence-electron chi connectivity index (χ3n) is 3.43. The van der Waals surface area contributed by atoms with Gasteiger partial charge in [-0.1, -0.05) is 18.3 Å². The number of anilines is 1. The van der Waals surface area contributed by atoms with Gasteiger partial charge in [0.2, 0.25) is 10.1 Å². The fraction of sp³-hybridized carbons (Fsp3) is 0.538. The van der Waals surface area contributed by atoms with Gasteiger partial charge in [0.1, 0.15) is 5.56 Å². The monoisotopic (exact) mass is 307 g/mol. The Bertz CT molecular complexity index is 717. The number of rotatable bonds is 4. The van der Waals surface area contributed by atoms with Crippen LogP contribution in [0.4, 0.5) is 5.13 Å². The molecule has 1 N–H and O–H groups in total. The van der Waals surface area contributed by atoms with Crippen LogP contribution in [0.25, 0.3) is 4.96 Å². The predicted octanol–water partition coefficient (Wildman–Crippen LogP) is 0.891. The molecule has 112 valence electrons. The Morgan fingerprint density at radius 1 is 1.43 bits per heavy atom. The molecular formula is C13H17N5O2S. The second-order valence-corrected chi connectivity index (χ2v) is 5.94. The summed E-state index contributed by atoms with van der Waals surface area (Å²) in [7, 11) is 0. The van der Waals surface area contributed by atoms with E-state index in [2.05, 4.69) is 20.3 Å². The van der Waals surface area contributed by atoms with Crippen LogP contribution in [-0.4, -0.2) is 40.1 Å². The van der Waals surface area contributed by atoms with Crippen molar-refractivity contribution in [3.8, 4) is 0 Å². The molecule has 0 bridgehead atoms. The summed E-state index contributed by atoms with van der Waals surface area (Å²) >= 11 is 1.38. The van der Waals surface area contributed by atoms with Gasteiger partial charge in [-0.3, -0.25) is 9.59 Å². The first-order chi connectivity index (χ1) is 10.2. The number of hydrogen-bond acceptors (Lipinski definition) is 6. The normalized spacial score (nSPS) is 14.8. The molecule has 3 heterocycles. The van der Waals surface area contributed by atoms with Gasteiger partial charge in [-0.2, -0.15) is 4.52 Å². The number of nitrogens with one attached hydrogen (secondary N) is 1. The maximum atomic E-state index is 12.3. The summed E-state index contributed by atoms with van der Waals surface area (Å²) in [6, 6.07) is 0. The van der Waals surface area contributed by atoms with Crippen LogP contribution >= 0.6 is 11.3 Å². The first kappa shape index (κ1) is 14.0. The van der Waals surface area contributed by atoms with Crippen LogP contribution in [0.1, 0.15) is 36.5 Å². The third kappa shape index (κ3) is 2.63. The summed E-state index contributed by atoms with van der Waals surface area (Å²) in [6.07, 6.45) is 4.44. The third-order valence-corrected chi connectivity index (χ3v) is 4.42. The summed E-state index contributed by atoms with van der Waals surface area (Å²) in [4.78, 5) is 31.1. The molecule has 0 unspecified atom stereocenters. The lowest BCUT2D eigenvalue weighted by molar-refractivity contribution is 0.0951. The Hall–Kier alpha value is -1.96. The summed E-state index contributed by atoms with van der Waals surface area (Å²) in [6.45, 7) is 4.41. The van der Waals surface area contributed by atoms with Crippen molar-refractivity contribution in [2.75, 3.05) is 24.5 Å². The van der Waals surface area contributed by atoms with Gasteiger partial charge in [0.05, 0.1) is 0 Å². The number of amides is 1. The highest BCUT2D eigenvalue weighted by atomic mass is 32.1. The van der Waals surface area contributed by atoms with Gasteiger partial charge in [-0.15, -0.1) is 5.10 Å². The van der Waals surface area contributed by atoms with Crippen molar-refractivity contribution in [1.82, 2.24) is 19.9 Å². The van der Waals surface area contributed by atoms with E-state index < -0.39 is 5.56 Å². The maximum Gasteiger partial charge on any atom is 0.288 e. The second-order valence-electron chi connectivity index (χ2n) is 5.01. The second kappa shape index (κ2) is 5.80. The zero-order chi connectivity index (χ0) is 14.8. The quantitative estimate of drug-likeness (QED) is 0.907. The van der Waals surface area contributed by atoms with Crippen LogP contribution in [0.3, 0.4) is 0 Å². The standard InChI is InChI=1S/C13H17N5O2S/c1-2-5-14-10(19)9-8-15-12-18(11(9)20)16-13(21-12)17-6-3-4-7-17/h8H,2-7H2,1H3,(H,14,19). The highest BCUT2D eigenvalue weighted by Gasteiger charge is 2.20. The predicted molar refractivity (Wildman–Crippen MR) is 81.2 cm³/mol. The number of carbonyl (C=O) groups is 1. The molecule has 0 saturated carbocycles. The van der Waals surface area contributed by atoms with E-state index in [9.17, 15) is 9.59 Å². The molecule has 0 aliphatic carbocycles. The van der Waals surface area contributed by atoms with Gasteiger partial charge in [0.15, 0.2) is 0 Å². The minimum absolute atomic E-state index is 0.0409. The molecule has 2 aromatic heterocycles. The highest BCUT2D eigenvalue weighted by molar-refractivity contribution is 7.20. The number of nitrogens with zero attached hydrogens (tertiary/aromatic N) is 4. The van der Waals surface area contributed by atoms with Crippen LogP contribution < -0.4 is 15.8 Å². The van der Waals surface area contributed by atoms with Gasteiger partial charge in [0.25, 0.3) is 11.5 Å². The number of hydrogen-bond donors (Lipinski definition) is 1. The summed E-state index contributed by atoms with van der Waals surface area (Å²) in [5, 5.41) is 7.81. The molecule has 21 heavy (non-hydrogen) atoms. The smallest absolute Gasteiger partial charge is 0.288 e. The Labute approximate surface area is 125 Å². The largest absolute Gasteiger partial charge is 0.352 e. The van der Waals surface area contributed by atoms with Gasteiger partial charge in [-0.25, -0.2) is 4.98 Å². The SMILES string of the molecule is CCCNC(=O)c1cnc2sc(N3CCCC3)nn2c1=O. The van der Waals surface area contributed by atoms with Gasteiger partial charge < -0.3 is 10.2 Å². The molecule has 0 aromatic carbocycles. The van der Waals surface area contributed by atoms with Crippen LogP contribution in [0.5, 0.6) is 0 Å². The van der Waals surface area contributed by atoms with Crippen molar-refractivity contribution < 1.29 is 4.79 Å². The van der Waals surface area contributed by atoms with Crippen LogP contribution in [0.2, 0.25) is 0 Å². The molecular weight excluding hydrogens is 290 g/mol. The molecule has 8 heteroatoms. The van der Waals surface area contributed by atoms with Crippen LogP contribution in [0, 0.1) is 0 Å². The highest BCUT2D eigenvalue weighted by Crippen LogP contribution is 2.24. The summed E-state index contributed by atoms with van der Waals surface area (Å²) < 4.78 is 1.24. The van der Waals surface area contributed by atoms with Gasteiger partial charge in [-0.05, 0) is 19.3 Å². The van der Waals surface area contributed by atoms with Gasteiger partial charge in [0, 0.05) is 25.8 Å². The molecule has 3 rings (SSSR count). The lowest BCUT2D eigenvalue weighted by Gasteiger charge is -2.10. The molecule has 1 amide bonds. The van der Waals surface area contributed by atoms with Gasteiger partial charge >= 0.3 is 0 Å². The van der Waals surface area contributed by atoms with Crippen molar-refractivity contribution in [2.24, 2.45) is 0 Å². The lowest BCUT2D eigenvalue weighted by Crippen LogP contribution is -2.32. The Kier molecular flexibility index (Phi) is 3.87. The topological polar surface area (TPSA) is 79.6 Å². The molecule has 0 atom stereocenters. The minimum Gasteiger partial charge on any atom is -0.352 e. The average Bonchev–Trinajstić information content (AvgIpc) is 3.13. The number of carbonyl (C=O) groups excluding carboxylic acids is 1. The van der Waals surface area contributed by atoms with E-state index in [1.54, 1.807) is 0 Å². The number of aromatic nitrogens is 3. The minimum atomic E-state index is -0.407. The van der Waals surface area contributed by atoms with Crippen LogP contribution in [-0.2, 0) is 0 Å². The van der Waals surface area contributed by atoms with Crippen LogP contribution in [0.15, 0.2) is 11.0 Å². The van der Waals surface area contributed by atoms with E-state index in [0.29, 0.717) is 11.5 Å². The van der Waals surface area contributed by atoms with E-state index in [-0.39, 0.29) is 11.5 Å². The summed E-state index contributed by atoms with van der Waals surface area (Å²) in [5.74, 6) is -0.389. The summed E-state index contributed by atoms with van der Waals surface area (Å²) in [5.41, 5.74) is -0.366. The molecule has 0 radical (unpaired) electrons. The van der Waals surface area contributed by atoms with E-state index in [0.717, 1.165) is 37.5 Å². The zero-order valence-electron chi connectivity index (χ0n) is 11.8. The molecule has 1 aliphatic heterocycles. The molecule has 1 fully saturated rings.